The van der Waals surface area contributed by atoms with Crippen molar-refractivity contribution in [3.8, 4) is 0 Å². The van der Waals surface area contributed by atoms with Gasteiger partial charge in [-0.2, -0.15) is 0 Å². The van der Waals surface area contributed by atoms with E-state index in [4.69, 9.17) is 0 Å². The molecule has 1 N–H and O–H groups in total. The second kappa shape index (κ2) is 8.73. The first-order valence-electron chi connectivity index (χ1n) is 9.35. The Morgan fingerprint density at radius 2 is 1.74 bits per heavy atom. The van der Waals surface area contributed by atoms with Crippen LogP contribution in [0.1, 0.15) is 33.8 Å². The molecule has 0 saturated heterocycles. The molecule has 3 rings (SSSR count). The van der Waals surface area contributed by atoms with E-state index < -0.39 is 5.92 Å². The fourth-order valence-corrected chi connectivity index (χ4v) is 3.27. The maximum Gasteiger partial charge on any atom is 0.261 e. The molecule has 0 saturated carbocycles. The second-order valence-corrected chi connectivity index (χ2v) is 7.15. The van der Waals surface area contributed by atoms with Crippen molar-refractivity contribution >= 4 is 18.0 Å². The van der Waals surface area contributed by atoms with Gasteiger partial charge in [0.2, 0.25) is 5.91 Å². The SMILES string of the molecule is C[NH+](C)CCCN=CC1C(=O)N(Cc2ccccc2)C(=O)c2ccccc21. The fraction of sp³-hybridized carbons (Fsp3) is 0.318. The van der Waals surface area contributed by atoms with E-state index in [0.29, 0.717) is 12.1 Å². The predicted octanol–water partition coefficient (Wildman–Crippen LogP) is 1.56. The Labute approximate surface area is 160 Å². The minimum atomic E-state index is -0.505. The third-order valence-corrected chi connectivity index (χ3v) is 4.71. The van der Waals surface area contributed by atoms with Crippen molar-refractivity contribution < 1.29 is 14.5 Å². The molecular formula is C22H26N3O2+. The van der Waals surface area contributed by atoms with Crippen LogP contribution in [0.3, 0.4) is 0 Å². The van der Waals surface area contributed by atoms with E-state index in [1.807, 2.05) is 48.5 Å². The van der Waals surface area contributed by atoms with E-state index in [0.717, 1.165) is 24.1 Å². The summed E-state index contributed by atoms with van der Waals surface area (Å²) < 4.78 is 0. The molecule has 1 aliphatic rings. The molecule has 0 spiro atoms. The average molecular weight is 364 g/mol. The van der Waals surface area contributed by atoms with Gasteiger partial charge in [-0.3, -0.25) is 19.5 Å². The molecule has 0 aliphatic carbocycles. The number of rotatable bonds is 7. The number of carbonyl (C=O) groups excluding carboxylic acids is 2. The quantitative estimate of drug-likeness (QED) is 0.461. The van der Waals surface area contributed by atoms with E-state index >= 15 is 0 Å². The van der Waals surface area contributed by atoms with Crippen LogP contribution in [0, 0.1) is 0 Å². The van der Waals surface area contributed by atoms with Gasteiger partial charge < -0.3 is 4.90 Å². The highest BCUT2D eigenvalue weighted by molar-refractivity contribution is 6.16. The Balaban J connectivity index is 1.83. The number of aliphatic imine (C=N–C) groups is 1. The van der Waals surface area contributed by atoms with Gasteiger partial charge in [0.1, 0.15) is 0 Å². The highest BCUT2D eigenvalue weighted by Crippen LogP contribution is 2.29. The van der Waals surface area contributed by atoms with Crippen LogP contribution in [-0.4, -0.2) is 50.1 Å². The van der Waals surface area contributed by atoms with Crippen molar-refractivity contribution in [2.24, 2.45) is 4.99 Å². The van der Waals surface area contributed by atoms with Crippen molar-refractivity contribution in [2.45, 2.75) is 18.9 Å². The molecule has 0 fully saturated rings. The van der Waals surface area contributed by atoms with Crippen molar-refractivity contribution in [1.29, 1.82) is 0 Å². The maximum atomic E-state index is 13.1. The summed E-state index contributed by atoms with van der Waals surface area (Å²) in [5, 5.41) is 0. The van der Waals surface area contributed by atoms with Gasteiger partial charge in [-0.05, 0) is 17.2 Å². The maximum absolute atomic E-state index is 13.1. The molecule has 2 aromatic rings. The topological polar surface area (TPSA) is 54.2 Å². The van der Waals surface area contributed by atoms with Crippen LogP contribution >= 0.6 is 0 Å². The Kier molecular flexibility index (Phi) is 6.14. The molecule has 1 atom stereocenters. The summed E-state index contributed by atoms with van der Waals surface area (Å²) >= 11 is 0. The molecule has 5 heteroatoms. The van der Waals surface area contributed by atoms with E-state index in [9.17, 15) is 9.59 Å². The number of fused-ring (bicyclic) bond motifs is 1. The van der Waals surface area contributed by atoms with Crippen molar-refractivity contribution in [2.75, 3.05) is 27.2 Å². The van der Waals surface area contributed by atoms with Crippen LogP contribution in [0.4, 0.5) is 0 Å². The minimum absolute atomic E-state index is 0.204. The molecule has 0 aromatic heterocycles. The van der Waals surface area contributed by atoms with Gasteiger partial charge in [0.25, 0.3) is 5.91 Å². The zero-order chi connectivity index (χ0) is 19.2. The van der Waals surface area contributed by atoms with E-state index in [1.165, 1.54) is 9.80 Å². The van der Waals surface area contributed by atoms with Crippen LogP contribution in [0.5, 0.6) is 0 Å². The van der Waals surface area contributed by atoms with Gasteiger partial charge in [0.15, 0.2) is 0 Å². The Morgan fingerprint density at radius 3 is 2.48 bits per heavy atom. The Hall–Kier alpha value is -2.79. The average Bonchev–Trinajstić information content (AvgIpc) is 2.68. The van der Waals surface area contributed by atoms with Gasteiger partial charge in [-0.1, -0.05) is 48.5 Å². The molecule has 0 bridgehead atoms. The zero-order valence-electron chi connectivity index (χ0n) is 15.9. The molecule has 1 aliphatic heterocycles. The number of nitrogens with one attached hydrogen (secondary N) is 1. The summed E-state index contributed by atoms with van der Waals surface area (Å²) in [7, 11) is 4.22. The highest BCUT2D eigenvalue weighted by atomic mass is 16.2. The standard InChI is InChI=1S/C22H25N3O2/c1-24(2)14-8-13-23-15-20-18-11-6-7-12-19(18)21(26)25(22(20)27)16-17-9-4-3-5-10-17/h3-7,9-12,15,20H,8,13-14,16H2,1-2H3/p+1. The lowest BCUT2D eigenvalue weighted by atomic mass is 9.89. The van der Waals surface area contributed by atoms with E-state index in [-0.39, 0.29) is 18.4 Å². The lowest BCUT2D eigenvalue weighted by molar-refractivity contribution is -0.858. The summed E-state index contributed by atoms with van der Waals surface area (Å²) in [6, 6.07) is 16.9. The molecule has 1 heterocycles. The van der Waals surface area contributed by atoms with Crippen molar-refractivity contribution in [3.05, 3.63) is 71.3 Å². The zero-order valence-corrected chi connectivity index (χ0v) is 15.9. The summed E-state index contributed by atoms with van der Waals surface area (Å²) in [5.74, 6) is -0.945. The second-order valence-electron chi connectivity index (χ2n) is 7.15. The molecule has 2 aromatic carbocycles. The lowest BCUT2D eigenvalue weighted by Gasteiger charge is -2.31. The third kappa shape index (κ3) is 4.49. The van der Waals surface area contributed by atoms with Crippen molar-refractivity contribution in [1.82, 2.24) is 4.90 Å². The summed E-state index contributed by atoms with van der Waals surface area (Å²) in [6.07, 6.45) is 2.69. The highest BCUT2D eigenvalue weighted by Gasteiger charge is 2.37. The Bertz CT molecular complexity index is 830. The van der Waals surface area contributed by atoms with Crippen LogP contribution in [0.2, 0.25) is 0 Å². The van der Waals surface area contributed by atoms with Gasteiger partial charge >= 0.3 is 0 Å². The van der Waals surface area contributed by atoms with Gasteiger partial charge in [0.05, 0.1) is 33.1 Å². The van der Waals surface area contributed by atoms with Crippen LogP contribution in [-0.2, 0) is 11.3 Å². The number of nitrogens with zero attached hydrogens (tertiary/aromatic N) is 2. The summed E-state index contributed by atoms with van der Waals surface area (Å²) in [4.78, 5) is 33.2. The number of imide groups is 1. The van der Waals surface area contributed by atoms with Gasteiger partial charge in [-0.25, -0.2) is 0 Å². The molecule has 2 amide bonds. The lowest BCUT2D eigenvalue weighted by Crippen LogP contribution is -3.05. The Morgan fingerprint density at radius 1 is 1.04 bits per heavy atom. The molecule has 27 heavy (non-hydrogen) atoms. The molecule has 140 valence electrons. The summed E-state index contributed by atoms with van der Waals surface area (Å²) in [6.45, 7) is 2.00. The number of carbonyl (C=O) groups is 2. The van der Waals surface area contributed by atoms with E-state index in [1.54, 1.807) is 12.3 Å². The van der Waals surface area contributed by atoms with Gasteiger partial charge in [-0.15, -0.1) is 0 Å². The molecule has 0 radical (unpaired) electrons. The number of amides is 2. The van der Waals surface area contributed by atoms with Crippen LogP contribution < -0.4 is 4.90 Å². The monoisotopic (exact) mass is 364 g/mol. The minimum Gasteiger partial charge on any atom is -0.340 e. The van der Waals surface area contributed by atoms with Crippen LogP contribution in [0.25, 0.3) is 0 Å². The summed E-state index contributed by atoms with van der Waals surface area (Å²) in [5.41, 5.74) is 2.27. The number of quaternary nitrogens is 1. The number of benzene rings is 2. The molecule has 5 nitrogen and oxygen atoms in total. The van der Waals surface area contributed by atoms with Gasteiger partial charge in [0, 0.05) is 24.7 Å². The number of hydrogen-bond donors (Lipinski definition) is 1. The predicted molar refractivity (Wildman–Crippen MR) is 106 cm³/mol. The number of hydrogen-bond acceptors (Lipinski definition) is 3. The molecular weight excluding hydrogens is 338 g/mol. The largest absolute Gasteiger partial charge is 0.340 e. The smallest absolute Gasteiger partial charge is 0.261 e. The first-order valence-corrected chi connectivity index (χ1v) is 9.35. The fourth-order valence-electron chi connectivity index (χ4n) is 3.27. The third-order valence-electron chi connectivity index (χ3n) is 4.71. The first-order chi connectivity index (χ1) is 13.1. The van der Waals surface area contributed by atoms with Crippen molar-refractivity contribution in [3.63, 3.8) is 0 Å². The normalized spacial score (nSPS) is 17.0. The first kappa shape index (κ1) is 19.0. The van der Waals surface area contributed by atoms with E-state index in [2.05, 4.69) is 19.1 Å². The molecule has 1 unspecified atom stereocenters. The van der Waals surface area contributed by atoms with Crippen LogP contribution in [0.15, 0.2) is 59.6 Å².